The number of nitrogens with zero attached hydrogens (tertiary/aromatic N) is 2. The third-order valence-corrected chi connectivity index (χ3v) is 3.66. The topological polar surface area (TPSA) is 43.8 Å². The van der Waals surface area contributed by atoms with Crippen LogP contribution in [-0.4, -0.2) is 9.55 Å². The van der Waals surface area contributed by atoms with Gasteiger partial charge in [0.1, 0.15) is 17.3 Å². The maximum atomic E-state index is 6.39. The summed E-state index contributed by atoms with van der Waals surface area (Å²) in [4.78, 5) is 4.84. The van der Waals surface area contributed by atoms with Gasteiger partial charge in [-0.1, -0.05) is 38.1 Å². The van der Waals surface area contributed by atoms with Crippen molar-refractivity contribution in [1.29, 1.82) is 0 Å². The number of aromatic nitrogens is 2. The van der Waals surface area contributed by atoms with Crippen LogP contribution in [0.25, 0.3) is 11.3 Å². The molecule has 0 fully saturated rings. The van der Waals surface area contributed by atoms with Crippen LogP contribution in [0.3, 0.4) is 0 Å². The highest BCUT2D eigenvalue weighted by Gasteiger charge is 2.18. The monoisotopic (exact) mass is 271 g/mol. The molecule has 0 unspecified atom stereocenters. The van der Waals surface area contributed by atoms with Crippen molar-refractivity contribution in [3.05, 3.63) is 35.7 Å². The Labute approximate surface area is 121 Å². The maximum absolute atomic E-state index is 6.39. The van der Waals surface area contributed by atoms with Crippen LogP contribution in [0.15, 0.2) is 24.3 Å². The first kappa shape index (κ1) is 14.6. The van der Waals surface area contributed by atoms with Crippen molar-refractivity contribution in [2.24, 2.45) is 0 Å². The molecule has 0 spiro atoms. The van der Waals surface area contributed by atoms with Crippen molar-refractivity contribution in [2.75, 3.05) is 5.73 Å². The number of rotatable bonds is 5. The van der Waals surface area contributed by atoms with Crippen LogP contribution in [0.1, 0.15) is 51.5 Å². The van der Waals surface area contributed by atoms with Gasteiger partial charge in [-0.2, -0.15) is 0 Å². The minimum atomic E-state index is 0.339. The molecule has 0 amide bonds. The normalized spacial score (nSPS) is 11.2. The standard InChI is InChI=1S/C17H25N3/c1-5-9-15-19-16(17(18)20(15)12(3)4)14-11-8-7-10-13(14)6-2/h7-8,10-12H,5-6,9,18H2,1-4H3. The Bertz CT molecular complexity index is 582. The Morgan fingerprint density at radius 2 is 1.90 bits per heavy atom. The second-order valence-corrected chi connectivity index (χ2v) is 5.49. The third kappa shape index (κ3) is 2.58. The molecule has 0 aliphatic rings. The predicted octanol–water partition coefficient (Wildman–Crippen LogP) is 4.23. The van der Waals surface area contributed by atoms with Gasteiger partial charge in [0.2, 0.25) is 0 Å². The maximum Gasteiger partial charge on any atom is 0.131 e. The molecule has 0 aliphatic heterocycles. The Kier molecular flexibility index (Phi) is 4.48. The van der Waals surface area contributed by atoms with Crippen molar-refractivity contribution in [3.8, 4) is 11.3 Å². The van der Waals surface area contributed by atoms with Gasteiger partial charge in [-0.05, 0) is 32.3 Å². The minimum absolute atomic E-state index is 0.339. The molecule has 1 aromatic carbocycles. The van der Waals surface area contributed by atoms with E-state index in [9.17, 15) is 0 Å². The molecule has 1 heterocycles. The van der Waals surface area contributed by atoms with Gasteiger partial charge in [0.15, 0.2) is 0 Å². The van der Waals surface area contributed by atoms with Crippen molar-refractivity contribution in [3.63, 3.8) is 0 Å². The second kappa shape index (κ2) is 6.12. The Morgan fingerprint density at radius 3 is 2.50 bits per heavy atom. The summed E-state index contributed by atoms with van der Waals surface area (Å²) in [5, 5.41) is 0. The zero-order valence-electron chi connectivity index (χ0n) is 13.0. The molecule has 3 heteroatoms. The zero-order chi connectivity index (χ0) is 14.7. The number of anilines is 1. The highest BCUT2D eigenvalue weighted by atomic mass is 15.2. The lowest BCUT2D eigenvalue weighted by molar-refractivity contribution is 0.571. The summed E-state index contributed by atoms with van der Waals surface area (Å²) in [6.45, 7) is 8.66. The number of nitrogen functional groups attached to an aromatic ring is 1. The average Bonchev–Trinajstić information content (AvgIpc) is 2.76. The van der Waals surface area contributed by atoms with Gasteiger partial charge in [-0.25, -0.2) is 4.98 Å². The Balaban J connectivity index is 2.60. The van der Waals surface area contributed by atoms with E-state index in [0.717, 1.165) is 36.6 Å². The fraction of sp³-hybridized carbons (Fsp3) is 0.471. The molecule has 0 bridgehead atoms. The van der Waals surface area contributed by atoms with Crippen LogP contribution in [-0.2, 0) is 12.8 Å². The van der Waals surface area contributed by atoms with E-state index < -0.39 is 0 Å². The zero-order valence-corrected chi connectivity index (χ0v) is 13.0. The molecule has 0 saturated carbocycles. The lowest BCUT2D eigenvalue weighted by atomic mass is 10.0. The summed E-state index contributed by atoms with van der Waals surface area (Å²) >= 11 is 0. The van der Waals surface area contributed by atoms with Crippen LogP contribution < -0.4 is 5.73 Å². The highest BCUT2D eigenvalue weighted by Crippen LogP contribution is 2.31. The lowest BCUT2D eigenvalue weighted by Crippen LogP contribution is -2.09. The van der Waals surface area contributed by atoms with Gasteiger partial charge < -0.3 is 10.3 Å². The summed E-state index contributed by atoms with van der Waals surface area (Å²) in [5.41, 5.74) is 9.81. The first-order valence-corrected chi connectivity index (χ1v) is 7.54. The molecule has 0 radical (unpaired) electrons. The van der Waals surface area contributed by atoms with E-state index in [2.05, 4.69) is 56.5 Å². The summed E-state index contributed by atoms with van der Waals surface area (Å²) in [6, 6.07) is 8.75. The lowest BCUT2D eigenvalue weighted by Gasteiger charge is -2.13. The molecular formula is C17H25N3. The molecule has 1 aromatic heterocycles. The molecule has 0 atom stereocenters. The van der Waals surface area contributed by atoms with Gasteiger partial charge in [0.05, 0.1) is 0 Å². The molecule has 2 N–H and O–H groups in total. The smallest absolute Gasteiger partial charge is 0.131 e. The van der Waals surface area contributed by atoms with E-state index in [4.69, 9.17) is 10.7 Å². The van der Waals surface area contributed by atoms with Gasteiger partial charge in [0, 0.05) is 18.0 Å². The number of benzene rings is 1. The van der Waals surface area contributed by atoms with E-state index >= 15 is 0 Å². The van der Waals surface area contributed by atoms with Gasteiger partial charge in [-0.15, -0.1) is 0 Å². The van der Waals surface area contributed by atoms with Gasteiger partial charge in [0.25, 0.3) is 0 Å². The van der Waals surface area contributed by atoms with E-state index in [1.807, 2.05) is 0 Å². The first-order chi connectivity index (χ1) is 9.60. The number of aryl methyl sites for hydroxylation is 2. The van der Waals surface area contributed by atoms with Crippen molar-refractivity contribution in [2.45, 2.75) is 53.0 Å². The van der Waals surface area contributed by atoms with Crippen LogP contribution in [0.4, 0.5) is 5.82 Å². The van der Waals surface area contributed by atoms with Gasteiger partial charge >= 0.3 is 0 Å². The molecule has 0 aliphatic carbocycles. The molecule has 108 valence electrons. The summed E-state index contributed by atoms with van der Waals surface area (Å²) in [6.07, 6.45) is 3.04. The van der Waals surface area contributed by atoms with Crippen LogP contribution in [0.2, 0.25) is 0 Å². The average molecular weight is 271 g/mol. The SMILES string of the molecule is CCCc1nc(-c2ccccc2CC)c(N)n1C(C)C. The molecular weight excluding hydrogens is 246 g/mol. The molecule has 2 rings (SSSR count). The van der Waals surface area contributed by atoms with Crippen molar-refractivity contribution < 1.29 is 0 Å². The summed E-state index contributed by atoms with van der Waals surface area (Å²) in [7, 11) is 0. The quantitative estimate of drug-likeness (QED) is 0.884. The van der Waals surface area contributed by atoms with E-state index in [-0.39, 0.29) is 0 Å². The molecule has 3 nitrogen and oxygen atoms in total. The summed E-state index contributed by atoms with van der Waals surface area (Å²) < 4.78 is 2.17. The van der Waals surface area contributed by atoms with E-state index in [1.165, 1.54) is 11.1 Å². The molecule has 0 saturated heterocycles. The number of hydrogen-bond donors (Lipinski definition) is 1. The first-order valence-electron chi connectivity index (χ1n) is 7.54. The van der Waals surface area contributed by atoms with Crippen LogP contribution in [0, 0.1) is 0 Å². The molecule has 20 heavy (non-hydrogen) atoms. The predicted molar refractivity (Wildman–Crippen MR) is 85.8 cm³/mol. The van der Waals surface area contributed by atoms with E-state index in [0.29, 0.717) is 6.04 Å². The number of hydrogen-bond acceptors (Lipinski definition) is 2. The van der Waals surface area contributed by atoms with Crippen molar-refractivity contribution >= 4 is 5.82 Å². The third-order valence-electron chi connectivity index (χ3n) is 3.66. The summed E-state index contributed by atoms with van der Waals surface area (Å²) in [5.74, 6) is 1.89. The fourth-order valence-corrected chi connectivity index (χ4v) is 2.73. The second-order valence-electron chi connectivity index (χ2n) is 5.49. The number of imidazole rings is 1. The van der Waals surface area contributed by atoms with Crippen LogP contribution >= 0.6 is 0 Å². The Morgan fingerprint density at radius 1 is 1.20 bits per heavy atom. The van der Waals surface area contributed by atoms with Crippen LogP contribution in [0.5, 0.6) is 0 Å². The highest BCUT2D eigenvalue weighted by molar-refractivity contribution is 5.74. The Hall–Kier alpha value is -1.77. The molecule has 2 aromatic rings. The minimum Gasteiger partial charge on any atom is -0.383 e. The van der Waals surface area contributed by atoms with Crippen molar-refractivity contribution in [1.82, 2.24) is 9.55 Å². The van der Waals surface area contributed by atoms with Gasteiger partial charge in [-0.3, -0.25) is 0 Å². The largest absolute Gasteiger partial charge is 0.383 e. The van der Waals surface area contributed by atoms with E-state index in [1.54, 1.807) is 0 Å². The number of nitrogens with two attached hydrogens (primary N) is 1. The fourth-order valence-electron chi connectivity index (χ4n) is 2.73.